The van der Waals surface area contributed by atoms with Gasteiger partial charge in [0.2, 0.25) is 11.2 Å². The maximum Gasteiger partial charge on any atom is 0.410 e. The van der Waals surface area contributed by atoms with Crippen molar-refractivity contribution in [2.24, 2.45) is 5.92 Å². The number of ketones is 1. The molecule has 1 amide bonds. The van der Waals surface area contributed by atoms with E-state index in [9.17, 15) is 29.4 Å². The van der Waals surface area contributed by atoms with Gasteiger partial charge in [0.15, 0.2) is 14.1 Å². The lowest BCUT2D eigenvalue weighted by molar-refractivity contribution is -0.177. The number of carbonyl (C=O) groups is 3. The number of esters is 1. The number of rotatable bonds is 16. The van der Waals surface area contributed by atoms with Gasteiger partial charge in [-0.1, -0.05) is 81.8 Å². The molecule has 0 spiro atoms. The first kappa shape index (κ1) is 46.7. The van der Waals surface area contributed by atoms with Gasteiger partial charge in [0.05, 0.1) is 18.2 Å². The molecule has 1 unspecified atom stereocenters. The molecule has 12 nitrogen and oxygen atoms in total. The van der Waals surface area contributed by atoms with Crippen molar-refractivity contribution in [1.82, 2.24) is 14.8 Å². The Kier molecular flexibility index (Phi) is 14.2. The van der Waals surface area contributed by atoms with E-state index in [1.807, 2.05) is 26.8 Å². The summed E-state index contributed by atoms with van der Waals surface area (Å²) in [6.07, 6.45) is 2.46. The first-order valence-electron chi connectivity index (χ1n) is 22.0. The Morgan fingerprint density at radius 2 is 1.58 bits per heavy atom. The molecule has 334 valence electrons. The number of piperidine rings is 3. The normalized spacial score (nSPS) is 19.4. The van der Waals surface area contributed by atoms with E-state index in [1.165, 1.54) is 12.1 Å². The number of aromatic hydroxyl groups is 1. The summed E-state index contributed by atoms with van der Waals surface area (Å²) in [4.78, 5) is 60.6. The number of phenols is 1. The van der Waals surface area contributed by atoms with Gasteiger partial charge >= 0.3 is 12.1 Å². The number of carbonyl (C=O) groups excluding carboxylic acids is 3. The Balaban J connectivity index is 1.16. The van der Waals surface area contributed by atoms with E-state index >= 15 is 0 Å². The molecule has 1 aromatic heterocycles. The first-order chi connectivity index (χ1) is 29.2. The number of amides is 1. The predicted molar refractivity (Wildman–Crippen MR) is 243 cm³/mol. The molecule has 0 saturated carbocycles. The molecular weight excluding hydrogens is 803 g/mol. The molecule has 3 aliphatic rings. The molecule has 3 saturated heterocycles. The van der Waals surface area contributed by atoms with Crippen molar-refractivity contribution in [2.45, 2.75) is 122 Å². The van der Waals surface area contributed by atoms with Crippen molar-refractivity contribution >= 4 is 37.1 Å². The van der Waals surface area contributed by atoms with Gasteiger partial charge in [-0.3, -0.25) is 14.5 Å². The fourth-order valence-corrected chi connectivity index (χ4v) is 9.50. The fourth-order valence-electron chi connectivity index (χ4n) is 8.23. The number of phenolic OH excluding ortho intramolecular Hbond substituents is 1. The van der Waals surface area contributed by atoms with Crippen LogP contribution in [0.2, 0.25) is 18.1 Å². The van der Waals surface area contributed by atoms with Gasteiger partial charge in [0.1, 0.15) is 17.5 Å². The van der Waals surface area contributed by atoms with Crippen LogP contribution in [0.5, 0.6) is 5.75 Å². The third kappa shape index (κ3) is 10.8. The van der Waals surface area contributed by atoms with Crippen molar-refractivity contribution in [3.05, 3.63) is 111 Å². The van der Waals surface area contributed by atoms with Crippen LogP contribution in [0.15, 0.2) is 83.7 Å². The minimum absolute atomic E-state index is 0.0631. The number of hydrogen-bond donors (Lipinski definition) is 3. The lowest BCUT2D eigenvalue weighted by Gasteiger charge is -2.44. The van der Waals surface area contributed by atoms with Crippen molar-refractivity contribution in [2.75, 3.05) is 32.7 Å². The second-order valence-electron chi connectivity index (χ2n) is 19.6. The zero-order valence-corrected chi connectivity index (χ0v) is 38.7. The highest BCUT2D eigenvalue weighted by Crippen LogP contribution is 2.42. The van der Waals surface area contributed by atoms with Gasteiger partial charge < -0.3 is 34.0 Å². The summed E-state index contributed by atoms with van der Waals surface area (Å²) in [6, 6.07) is 21.8. The Hall–Kier alpha value is -4.82. The Morgan fingerprint density at radius 3 is 2.23 bits per heavy atom. The monoisotopic (exact) mass is 867 g/mol. The Bertz CT molecular complexity index is 2270. The van der Waals surface area contributed by atoms with Crippen LogP contribution < -0.4 is 5.56 Å². The maximum absolute atomic E-state index is 14.0. The van der Waals surface area contributed by atoms with Crippen molar-refractivity contribution in [3.63, 3.8) is 0 Å². The predicted octanol–water partition coefficient (Wildman–Crippen LogP) is 8.85. The second kappa shape index (κ2) is 18.9. The number of ether oxygens (including phenoxy) is 2. The quantitative estimate of drug-likeness (QED) is 0.0430. The Morgan fingerprint density at radius 1 is 0.887 bits per heavy atom. The standard InChI is InChI=1S/C49H65N3O9Si/c1-47(2,3)60-46(57)52(32-42(61-62(7,8)48(4,5)6)37-21-23-40(54)44-38(37)22-24-43(55)50-44)27-14-10-13-20-39(53)34-16-15-19-36(30-34)49(58,35-17-11-9-12-18-35)45(56)59-41-31-51-28-25-33(41)26-29-51/h9,11-12,15-19,21-24,30,33,41-42,54,58H,10,13-14,20,25-29,31-32H2,1-8H3,(H,50,55)/t41-,42-,49?/m0/s1. The number of benzene rings is 3. The lowest BCUT2D eigenvalue weighted by Crippen LogP contribution is -2.53. The molecule has 3 N–H and O–H groups in total. The van der Waals surface area contributed by atoms with Crippen LogP contribution >= 0.6 is 0 Å². The largest absolute Gasteiger partial charge is 0.506 e. The maximum atomic E-state index is 14.0. The Labute approximate surface area is 366 Å². The van der Waals surface area contributed by atoms with Crippen molar-refractivity contribution < 1.29 is 38.5 Å². The van der Waals surface area contributed by atoms with Gasteiger partial charge in [0.25, 0.3) is 0 Å². The minimum Gasteiger partial charge on any atom is -0.506 e. The fraction of sp³-hybridized carbons (Fsp3) is 0.510. The average molecular weight is 868 g/mol. The second-order valence-corrected chi connectivity index (χ2v) is 24.3. The molecule has 62 heavy (non-hydrogen) atoms. The highest BCUT2D eigenvalue weighted by atomic mass is 28.4. The molecule has 0 aliphatic carbocycles. The molecule has 4 heterocycles. The number of aromatic amines is 1. The molecule has 3 aliphatic heterocycles. The molecule has 7 rings (SSSR count). The summed E-state index contributed by atoms with van der Waals surface area (Å²) in [5.41, 5.74) is -1.15. The van der Waals surface area contributed by atoms with Crippen LogP contribution in [0.4, 0.5) is 4.79 Å². The third-order valence-electron chi connectivity index (χ3n) is 12.8. The van der Waals surface area contributed by atoms with E-state index in [0.717, 1.165) is 31.5 Å². The zero-order valence-electron chi connectivity index (χ0n) is 37.7. The van der Waals surface area contributed by atoms with Gasteiger partial charge in [-0.15, -0.1) is 0 Å². The molecule has 2 bridgehead atoms. The summed E-state index contributed by atoms with van der Waals surface area (Å²) in [5.74, 6) is -0.672. The van der Waals surface area contributed by atoms with Crippen LogP contribution in [0.3, 0.4) is 0 Å². The number of pyridine rings is 1. The molecule has 0 radical (unpaired) electrons. The number of hydrogen-bond acceptors (Lipinski definition) is 10. The molecule has 13 heteroatoms. The molecule has 3 aromatic carbocycles. The number of Topliss-reactive ketones (excluding diaryl/α,β-unsaturated/α-hetero) is 1. The lowest BCUT2D eigenvalue weighted by atomic mass is 9.83. The smallest absolute Gasteiger partial charge is 0.410 e. The van der Waals surface area contributed by atoms with Crippen LogP contribution in [-0.4, -0.2) is 95.6 Å². The van der Waals surface area contributed by atoms with Crippen molar-refractivity contribution in [1.29, 1.82) is 0 Å². The SMILES string of the molecule is CC(C)(C)OC(=O)N(CCCCCC(=O)c1cccc(C(O)(C(=O)O[C@H]2CN3CCC2CC3)c2ccccc2)c1)C[C@H](O[Si](C)(C)C(C)(C)C)c1ccc(O)c2[nH]c(=O)ccc12. The van der Waals surface area contributed by atoms with Crippen molar-refractivity contribution in [3.8, 4) is 5.75 Å². The van der Waals surface area contributed by atoms with Gasteiger partial charge in [0, 0.05) is 42.1 Å². The van der Waals surface area contributed by atoms with Crippen LogP contribution in [0.1, 0.15) is 113 Å². The summed E-state index contributed by atoms with van der Waals surface area (Å²) < 4.78 is 19.0. The number of aromatic nitrogens is 1. The molecule has 3 fully saturated rings. The summed E-state index contributed by atoms with van der Waals surface area (Å²) in [5, 5.41) is 23.4. The van der Waals surface area contributed by atoms with Gasteiger partial charge in [-0.2, -0.15) is 0 Å². The summed E-state index contributed by atoms with van der Waals surface area (Å²) >= 11 is 0. The average Bonchev–Trinajstić information content (AvgIpc) is 3.22. The van der Waals surface area contributed by atoms with E-state index < -0.39 is 37.7 Å². The van der Waals surface area contributed by atoms with E-state index in [1.54, 1.807) is 65.6 Å². The first-order valence-corrected chi connectivity index (χ1v) is 24.9. The molecule has 4 aromatic rings. The number of nitrogens with one attached hydrogen (secondary N) is 1. The van der Waals surface area contributed by atoms with Gasteiger partial charge in [-0.25, -0.2) is 9.59 Å². The number of H-pyrrole nitrogens is 1. The van der Waals surface area contributed by atoms with E-state index in [0.29, 0.717) is 54.4 Å². The van der Waals surface area contributed by atoms with E-state index in [-0.39, 0.29) is 52.7 Å². The van der Waals surface area contributed by atoms with Gasteiger partial charge in [-0.05, 0) is 113 Å². The number of aliphatic hydroxyl groups is 1. The summed E-state index contributed by atoms with van der Waals surface area (Å²) in [6.45, 7) is 19.3. The van der Waals surface area contributed by atoms with Crippen LogP contribution in [0.25, 0.3) is 10.9 Å². The number of nitrogens with zero attached hydrogens (tertiary/aromatic N) is 2. The topological polar surface area (TPSA) is 159 Å². The number of fused-ring (bicyclic) bond motifs is 4. The molecule has 3 atom stereocenters. The zero-order chi connectivity index (χ0) is 45.0. The van der Waals surface area contributed by atoms with E-state index in [2.05, 4.69) is 43.7 Å². The third-order valence-corrected chi connectivity index (χ3v) is 17.3. The summed E-state index contributed by atoms with van der Waals surface area (Å²) in [7, 11) is -2.45. The highest BCUT2D eigenvalue weighted by Gasteiger charge is 2.46. The van der Waals surface area contributed by atoms with E-state index in [4.69, 9.17) is 13.9 Å². The molecular formula is C49H65N3O9Si. The number of unbranched alkanes of at least 4 members (excludes halogenated alkanes) is 2. The van der Waals surface area contributed by atoms with Crippen LogP contribution in [0, 0.1) is 5.92 Å². The highest BCUT2D eigenvalue weighted by molar-refractivity contribution is 6.74. The minimum atomic E-state index is -2.45. The van der Waals surface area contributed by atoms with Crippen LogP contribution in [-0.2, 0) is 24.3 Å².